The van der Waals surface area contributed by atoms with Crippen LogP contribution in [0.4, 0.5) is 10.2 Å². The highest BCUT2D eigenvalue weighted by atomic mass is 35.5. The molecule has 0 bridgehead atoms. The average Bonchev–Trinajstić information content (AvgIpc) is 2.55. The molecule has 2 aromatic rings. The van der Waals surface area contributed by atoms with Crippen LogP contribution in [0.2, 0.25) is 5.02 Å². The summed E-state index contributed by atoms with van der Waals surface area (Å²) in [6.07, 6.45) is 1.43. The summed E-state index contributed by atoms with van der Waals surface area (Å²) < 4.78 is 13.9. The highest BCUT2D eigenvalue weighted by Crippen LogP contribution is 2.21. The van der Waals surface area contributed by atoms with Crippen molar-refractivity contribution in [2.75, 3.05) is 31.1 Å². The van der Waals surface area contributed by atoms with Gasteiger partial charge in [-0.2, -0.15) is 0 Å². The molecular formula is C16H15ClFN3O. The van der Waals surface area contributed by atoms with E-state index in [0.29, 0.717) is 31.7 Å². The van der Waals surface area contributed by atoms with E-state index < -0.39 is 5.82 Å². The quantitative estimate of drug-likeness (QED) is 0.854. The second-order valence-electron chi connectivity index (χ2n) is 5.10. The van der Waals surface area contributed by atoms with Gasteiger partial charge >= 0.3 is 0 Å². The molecule has 4 nitrogen and oxygen atoms in total. The minimum absolute atomic E-state index is 0.00443. The van der Waals surface area contributed by atoms with E-state index in [0.717, 1.165) is 0 Å². The van der Waals surface area contributed by atoms with Gasteiger partial charge in [-0.15, -0.1) is 0 Å². The first kappa shape index (κ1) is 14.8. The molecule has 22 heavy (non-hydrogen) atoms. The lowest BCUT2D eigenvalue weighted by Gasteiger charge is -2.35. The lowest BCUT2D eigenvalue weighted by atomic mass is 10.2. The number of piperazine rings is 1. The molecule has 0 atom stereocenters. The summed E-state index contributed by atoms with van der Waals surface area (Å²) in [4.78, 5) is 20.0. The zero-order chi connectivity index (χ0) is 15.5. The van der Waals surface area contributed by atoms with Crippen LogP contribution in [0.25, 0.3) is 0 Å². The van der Waals surface area contributed by atoms with Gasteiger partial charge in [-0.05, 0) is 18.2 Å². The number of amides is 1. The molecule has 1 aliphatic heterocycles. The summed E-state index contributed by atoms with van der Waals surface area (Å²) in [5.41, 5.74) is 0.673. The molecule has 0 N–H and O–H groups in total. The fourth-order valence-corrected chi connectivity index (χ4v) is 2.67. The van der Waals surface area contributed by atoms with Gasteiger partial charge in [-0.1, -0.05) is 29.8 Å². The van der Waals surface area contributed by atoms with Crippen LogP contribution in [-0.4, -0.2) is 42.0 Å². The van der Waals surface area contributed by atoms with E-state index in [1.54, 1.807) is 17.0 Å². The maximum Gasteiger partial charge on any atom is 0.253 e. The van der Waals surface area contributed by atoms with Crippen LogP contribution < -0.4 is 4.90 Å². The summed E-state index contributed by atoms with van der Waals surface area (Å²) in [5, 5.41) is 0.277. The van der Waals surface area contributed by atoms with E-state index in [4.69, 9.17) is 11.6 Å². The molecule has 0 aliphatic carbocycles. The van der Waals surface area contributed by atoms with Gasteiger partial charge in [0.05, 0.1) is 5.02 Å². The molecule has 1 fully saturated rings. The highest BCUT2D eigenvalue weighted by molar-refractivity contribution is 6.30. The zero-order valence-electron chi connectivity index (χ0n) is 11.9. The lowest BCUT2D eigenvalue weighted by molar-refractivity contribution is 0.0746. The van der Waals surface area contributed by atoms with Crippen LogP contribution in [-0.2, 0) is 0 Å². The molecule has 0 saturated carbocycles. The number of nitrogens with zero attached hydrogens (tertiary/aromatic N) is 3. The number of anilines is 1. The Morgan fingerprint density at radius 1 is 1.14 bits per heavy atom. The second-order valence-corrected chi connectivity index (χ2v) is 5.54. The molecule has 1 aromatic heterocycles. The number of hydrogen-bond acceptors (Lipinski definition) is 3. The monoisotopic (exact) mass is 319 g/mol. The van der Waals surface area contributed by atoms with Gasteiger partial charge in [-0.25, -0.2) is 9.37 Å². The molecule has 6 heteroatoms. The Balaban J connectivity index is 1.66. The van der Waals surface area contributed by atoms with Crippen molar-refractivity contribution in [3.8, 4) is 0 Å². The van der Waals surface area contributed by atoms with Crippen molar-refractivity contribution in [2.45, 2.75) is 0 Å². The third-order valence-electron chi connectivity index (χ3n) is 3.68. The molecule has 0 radical (unpaired) electrons. The molecular weight excluding hydrogens is 305 g/mol. The molecule has 3 rings (SSSR count). The first-order valence-electron chi connectivity index (χ1n) is 7.05. The van der Waals surface area contributed by atoms with Gasteiger partial charge < -0.3 is 9.80 Å². The number of hydrogen-bond donors (Lipinski definition) is 0. The second kappa shape index (κ2) is 6.32. The number of benzene rings is 1. The molecule has 0 unspecified atom stereocenters. The summed E-state index contributed by atoms with van der Waals surface area (Å²) in [5.74, 6) is -0.142. The van der Waals surface area contributed by atoms with Crippen molar-refractivity contribution in [1.29, 1.82) is 0 Å². The van der Waals surface area contributed by atoms with E-state index in [1.165, 1.54) is 12.3 Å². The topological polar surface area (TPSA) is 36.4 Å². The van der Waals surface area contributed by atoms with E-state index in [9.17, 15) is 9.18 Å². The average molecular weight is 320 g/mol. The van der Waals surface area contributed by atoms with E-state index in [-0.39, 0.29) is 16.7 Å². The normalized spacial score (nSPS) is 15.0. The Kier molecular flexibility index (Phi) is 4.24. The Hall–Kier alpha value is -2.14. The number of halogens is 2. The van der Waals surface area contributed by atoms with Crippen molar-refractivity contribution < 1.29 is 9.18 Å². The van der Waals surface area contributed by atoms with Gasteiger partial charge in [-0.3, -0.25) is 4.79 Å². The summed E-state index contributed by atoms with van der Waals surface area (Å²) >= 11 is 5.71. The third kappa shape index (κ3) is 3.04. The Morgan fingerprint density at radius 3 is 2.45 bits per heavy atom. The Bertz CT molecular complexity index is 672. The molecule has 1 aromatic carbocycles. The number of pyridine rings is 1. The van der Waals surface area contributed by atoms with Crippen molar-refractivity contribution in [3.05, 3.63) is 59.0 Å². The smallest absolute Gasteiger partial charge is 0.253 e. The van der Waals surface area contributed by atoms with Gasteiger partial charge in [0, 0.05) is 37.9 Å². The van der Waals surface area contributed by atoms with Crippen LogP contribution >= 0.6 is 11.6 Å². The number of aromatic nitrogens is 1. The predicted molar refractivity (Wildman–Crippen MR) is 83.8 cm³/mol. The van der Waals surface area contributed by atoms with Gasteiger partial charge in [0.25, 0.3) is 5.91 Å². The first-order chi connectivity index (χ1) is 10.6. The SMILES string of the molecule is O=C(c1ccccc1)N1CCN(c2ncc(Cl)cc2F)CC1. The van der Waals surface area contributed by atoms with Crippen LogP contribution in [0.5, 0.6) is 0 Å². The standard InChI is InChI=1S/C16H15ClFN3O/c17-13-10-14(18)15(19-11-13)20-6-8-21(9-7-20)16(22)12-4-2-1-3-5-12/h1-5,10-11H,6-9H2. The Labute approximate surface area is 133 Å². The molecule has 0 spiro atoms. The maximum atomic E-state index is 13.9. The van der Waals surface area contributed by atoms with Gasteiger partial charge in [0.1, 0.15) is 0 Å². The summed E-state index contributed by atoms with van der Waals surface area (Å²) in [7, 11) is 0. The van der Waals surface area contributed by atoms with Crippen molar-refractivity contribution in [1.82, 2.24) is 9.88 Å². The molecule has 1 saturated heterocycles. The lowest BCUT2D eigenvalue weighted by Crippen LogP contribution is -2.49. The van der Waals surface area contributed by atoms with Crippen LogP contribution in [0, 0.1) is 5.82 Å². The van der Waals surface area contributed by atoms with Crippen molar-refractivity contribution in [3.63, 3.8) is 0 Å². The molecule has 1 amide bonds. The maximum absolute atomic E-state index is 13.9. The first-order valence-corrected chi connectivity index (χ1v) is 7.43. The Morgan fingerprint density at radius 2 is 1.82 bits per heavy atom. The largest absolute Gasteiger partial charge is 0.351 e. The van der Waals surface area contributed by atoms with Crippen LogP contribution in [0.1, 0.15) is 10.4 Å². The van der Waals surface area contributed by atoms with Gasteiger partial charge in [0.15, 0.2) is 11.6 Å². The number of carbonyl (C=O) groups excluding carboxylic acids is 1. The number of rotatable bonds is 2. The van der Waals surface area contributed by atoms with Crippen LogP contribution in [0.3, 0.4) is 0 Å². The predicted octanol–water partition coefficient (Wildman–Crippen LogP) is 2.84. The number of carbonyl (C=O) groups is 1. The van der Waals surface area contributed by atoms with Crippen LogP contribution in [0.15, 0.2) is 42.6 Å². The fraction of sp³-hybridized carbons (Fsp3) is 0.250. The van der Waals surface area contributed by atoms with Crippen molar-refractivity contribution in [2.24, 2.45) is 0 Å². The summed E-state index contributed by atoms with van der Waals surface area (Å²) in [6, 6.07) is 10.4. The fourth-order valence-electron chi connectivity index (χ4n) is 2.52. The minimum atomic E-state index is -0.435. The molecule has 2 heterocycles. The van der Waals surface area contributed by atoms with E-state index >= 15 is 0 Å². The minimum Gasteiger partial charge on any atom is -0.351 e. The van der Waals surface area contributed by atoms with Crippen molar-refractivity contribution >= 4 is 23.3 Å². The molecule has 1 aliphatic rings. The summed E-state index contributed by atoms with van der Waals surface area (Å²) in [6.45, 7) is 2.17. The molecule has 114 valence electrons. The van der Waals surface area contributed by atoms with Gasteiger partial charge in [0.2, 0.25) is 0 Å². The highest BCUT2D eigenvalue weighted by Gasteiger charge is 2.24. The van der Waals surface area contributed by atoms with E-state index in [1.807, 2.05) is 23.1 Å². The van der Waals surface area contributed by atoms with E-state index in [2.05, 4.69) is 4.98 Å². The zero-order valence-corrected chi connectivity index (χ0v) is 12.6. The third-order valence-corrected chi connectivity index (χ3v) is 3.88.